The maximum absolute atomic E-state index is 11.6. The van der Waals surface area contributed by atoms with Crippen LogP contribution in [-0.2, 0) is 14.9 Å². The Balaban J connectivity index is 2.38. The van der Waals surface area contributed by atoms with E-state index in [9.17, 15) is 4.79 Å². The predicted molar refractivity (Wildman–Crippen MR) is 87.6 cm³/mol. The van der Waals surface area contributed by atoms with E-state index >= 15 is 0 Å². The van der Waals surface area contributed by atoms with Crippen molar-refractivity contribution in [1.29, 1.82) is 0 Å². The molecule has 2 rings (SSSR count). The van der Waals surface area contributed by atoms with E-state index < -0.39 is 0 Å². The molecule has 1 aromatic rings. The minimum atomic E-state index is -0.274. The fourth-order valence-corrected chi connectivity index (χ4v) is 2.80. The summed E-state index contributed by atoms with van der Waals surface area (Å²) >= 11 is 0. The molecule has 0 aromatic heterocycles. The number of ether oxygens (including phenoxy) is 1. The average Bonchev–Trinajstić information content (AvgIpc) is 2.43. The van der Waals surface area contributed by atoms with Crippen LogP contribution in [0.1, 0.15) is 45.2 Å². The summed E-state index contributed by atoms with van der Waals surface area (Å²) in [6, 6.07) is 6.46. The second-order valence-corrected chi connectivity index (χ2v) is 6.37. The van der Waals surface area contributed by atoms with E-state index in [1.54, 1.807) is 6.08 Å². The van der Waals surface area contributed by atoms with Crippen LogP contribution in [0, 0.1) is 0 Å². The molecule has 21 heavy (non-hydrogen) atoms. The van der Waals surface area contributed by atoms with E-state index in [1.807, 2.05) is 13.8 Å². The molecule has 0 N–H and O–H groups in total. The van der Waals surface area contributed by atoms with Gasteiger partial charge in [-0.1, -0.05) is 19.9 Å². The number of hydrogen-bond acceptors (Lipinski definition) is 3. The van der Waals surface area contributed by atoms with Gasteiger partial charge >= 0.3 is 5.97 Å². The van der Waals surface area contributed by atoms with Crippen LogP contribution in [0.5, 0.6) is 0 Å². The standard InChI is InChI=1S/C18H25NO2/c1-6-21-17(20)11-13(2)14-7-8-16-15(12-14)18(3,4)9-10-19(16)5/h7-8,11-12H,6,9-10H2,1-5H3. The van der Waals surface area contributed by atoms with Gasteiger partial charge in [0.1, 0.15) is 0 Å². The highest BCUT2D eigenvalue weighted by Crippen LogP contribution is 2.40. The molecule has 0 fully saturated rings. The van der Waals surface area contributed by atoms with Gasteiger partial charge in [0.05, 0.1) is 6.61 Å². The first kappa shape index (κ1) is 15.6. The van der Waals surface area contributed by atoms with Crippen LogP contribution in [0.4, 0.5) is 5.69 Å². The fourth-order valence-electron chi connectivity index (χ4n) is 2.80. The number of benzene rings is 1. The Bertz CT molecular complexity index is 573. The molecule has 0 atom stereocenters. The first-order valence-corrected chi connectivity index (χ1v) is 7.56. The number of esters is 1. The second-order valence-electron chi connectivity index (χ2n) is 6.37. The van der Waals surface area contributed by atoms with Crippen molar-refractivity contribution in [1.82, 2.24) is 0 Å². The van der Waals surface area contributed by atoms with Crippen LogP contribution >= 0.6 is 0 Å². The van der Waals surface area contributed by atoms with Crippen LogP contribution < -0.4 is 4.90 Å². The molecule has 0 saturated heterocycles. The van der Waals surface area contributed by atoms with E-state index in [4.69, 9.17) is 4.74 Å². The number of fused-ring (bicyclic) bond motifs is 1. The lowest BCUT2D eigenvalue weighted by molar-refractivity contribution is -0.137. The molecule has 0 spiro atoms. The van der Waals surface area contributed by atoms with Crippen LogP contribution in [0.2, 0.25) is 0 Å². The van der Waals surface area contributed by atoms with Crippen molar-refractivity contribution in [2.24, 2.45) is 0 Å². The normalized spacial score (nSPS) is 17.4. The highest BCUT2D eigenvalue weighted by Gasteiger charge is 2.29. The molecule has 0 radical (unpaired) electrons. The summed E-state index contributed by atoms with van der Waals surface area (Å²) in [7, 11) is 2.13. The van der Waals surface area contributed by atoms with Gasteiger partial charge in [-0.2, -0.15) is 0 Å². The van der Waals surface area contributed by atoms with Gasteiger partial charge in [-0.05, 0) is 54.5 Å². The van der Waals surface area contributed by atoms with E-state index in [-0.39, 0.29) is 11.4 Å². The molecule has 0 saturated carbocycles. The number of hydrogen-bond donors (Lipinski definition) is 0. The Morgan fingerprint density at radius 3 is 2.81 bits per heavy atom. The number of carbonyl (C=O) groups is 1. The summed E-state index contributed by atoms with van der Waals surface area (Å²) in [6.45, 7) is 9.83. The second kappa shape index (κ2) is 5.92. The quantitative estimate of drug-likeness (QED) is 0.626. The zero-order valence-electron chi connectivity index (χ0n) is 13.7. The van der Waals surface area contributed by atoms with Gasteiger partial charge in [-0.25, -0.2) is 4.79 Å². The van der Waals surface area contributed by atoms with Crippen molar-refractivity contribution in [3.05, 3.63) is 35.4 Å². The lowest BCUT2D eigenvalue weighted by Crippen LogP contribution is -2.34. The zero-order valence-corrected chi connectivity index (χ0v) is 13.7. The highest BCUT2D eigenvalue weighted by atomic mass is 16.5. The number of carbonyl (C=O) groups excluding carboxylic acids is 1. The Labute approximate surface area is 127 Å². The van der Waals surface area contributed by atoms with Gasteiger partial charge in [0, 0.05) is 25.4 Å². The molecule has 0 aliphatic carbocycles. The Morgan fingerprint density at radius 1 is 1.43 bits per heavy atom. The third kappa shape index (κ3) is 3.29. The maximum Gasteiger partial charge on any atom is 0.331 e. The minimum absolute atomic E-state index is 0.169. The Kier molecular flexibility index (Phi) is 4.40. The van der Waals surface area contributed by atoms with Crippen LogP contribution in [0.25, 0.3) is 5.57 Å². The Hall–Kier alpha value is -1.77. The highest BCUT2D eigenvalue weighted by molar-refractivity contribution is 5.91. The zero-order chi connectivity index (χ0) is 15.6. The van der Waals surface area contributed by atoms with Gasteiger partial charge in [-0.15, -0.1) is 0 Å². The lowest BCUT2D eigenvalue weighted by atomic mass is 9.77. The minimum Gasteiger partial charge on any atom is -0.463 e. The third-order valence-electron chi connectivity index (χ3n) is 4.29. The van der Waals surface area contributed by atoms with E-state index in [2.05, 4.69) is 44.0 Å². The molecular formula is C18H25NO2. The van der Waals surface area contributed by atoms with Crippen LogP contribution in [0.3, 0.4) is 0 Å². The third-order valence-corrected chi connectivity index (χ3v) is 4.29. The average molecular weight is 287 g/mol. The molecule has 1 aliphatic rings. The first-order valence-electron chi connectivity index (χ1n) is 7.56. The first-order chi connectivity index (χ1) is 9.85. The number of allylic oxidation sites excluding steroid dienone is 1. The maximum atomic E-state index is 11.6. The largest absolute Gasteiger partial charge is 0.463 e. The fraction of sp³-hybridized carbons (Fsp3) is 0.500. The van der Waals surface area contributed by atoms with Crippen molar-refractivity contribution >= 4 is 17.2 Å². The SMILES string of the molecule is CCOC(=O)C=C(C)c1ccc2c(c1)C(C)(C)CCN2C. The molecule has 0 bridgehead atoms. The summed E-state index contributed by atoms with van der Waals surface area (Å²) in [5.41, 5.74) is 4.84. The molecule has 3 nitrogen and oxygen atoms in total. The van der Waals surface area contributed by atoms with Crippen molar-refractivity contribution in [3.8, 4) is 0 Å². The molecular weight excluding hydrogens is 262 g/mol. The van der Waals surface area contributed by atoms with Gasteiger partial charge in [0.15, 0.2) is 0 Å². The summed E-state index contributed by atoms with van der Waals surface area (Å²) in [5.74, 6) is -0.274. The van der Waals surface area contributed by atoms with E-state index in [1.165, 1.54) is 11.3 Å². The summed E-state index contributed by atoms with van der Waals surface area (Å²) in [6.07, 6.45) is 2.71. The molecule has 0 unspecified atom stereocenters. The van der Waals surface area contributed by atoms with Crippen molar-refractivity contribution in [3.63, 3.8) is 0 Å². The molecule has 1 heterocycles. The van der Waals surface area contributed by atoms with Crippen LogP contribution in [-0.4, -0.2) is 26.2 Å². The Morgan fingerprint density at radius 2 is 2.14 bits per heavy atom. The molecule has 1 aliphatic heterocycles. The molecule has 3 heteroatoms. The summed E-state index contributed by atoms with van der Waals surface area (Å²) in [5, 5.41) is 0. The predicted octanol–water partition coefficient (Wildman–Crippen LogP) is 3.77. The summed E-state index contributed by atoms with van der Waals surface area (Å²) < 4.78 is 4.98. The smallest absolute Gasteiger partial charge is 0.331 e. The van der Waals surface area contributed by atoms with Gasteiger partial charge < -0.3 is 9.64 Å². The monoisotopic (exact) mass is 287 g/mol. The van der Waals surface area contributed by atoms with Crippen LogP contribution in [0.15, 0.2) is 24.3 Å². The molecule has 0 amide bonds. The lowest BCUT2D eigenvalue weighted by Gasteiger charge is -2.38. The van der Waals surface area contributed by atoms with Crippen molar-refractivity contribution in [2.75, 3.05) is 25.1 Å². The van der Waals surface area contributed by atoms with Crippen molar-refractivity contribution in [2.45, 2.75) is 39.5 Å². The van der Waals surface area contributed by atoms with Crippen molar-refractivity contribution < 1.29 is 9.53 Å². The molecule has 114 valence electrons. The van der Waals surface area contributed by atoms with E-state index in [0.717, 1.165) is 24.1 Å². The molecule has 1 aromatic carbocycles. The topological polar surface area (TPSA) is 29.5 Å². The van der Waals surface area contributed by atoms with Gasteiger partial charge in [-0.3, -0.25) is 0 Å². The number of anilines is 1. The summed E-state index contributed by atoms with van der Waals surface area (Å²) in [4.78, 5) is 13.9. The number of nitrogens with zero attached hydrogens (tertiary/aromatic N) is 1. The number of rotatable bonds is 3. The van der Waals surface area contributed by atoms with Gasteiger partial charge in [0.2, 0.25) is 0 Å². The van der Waals surface area contributed by atoms with E-state index in [0.29, 0.717) is 6.61 Å². The van der Waals surface area contributed by atoms with Gasteiger partial charge in [0.25, 0.3) is 0 Å².